The Kier molecular flexibility index (Phi) is 4.51. The van der Waals surface area contributed by atoms with Crippen LogP contribution in [0.5, 0.6) is 11.5 Å². The number of halogens is 1. The Morgan fingerprint density at radius 2 is 2.11 bits per heavy atom. The highest BCUT2D eigenvalue weighted by molar-refractivity contribution is 9.10. The van der Waals surface area contributed by atoms with E-state index in [4.69, 9.17) is 9.47 Å². The van der Waals surface area contributed by atoms with E-state index in [0.29, 0.717) is 6.10 Å². The molecule has 1 N–H and O–H groups in total. The molecule has 18 heavy (non-hydrogen) atoms. The van der Waals surface area contributed by atoms with Crippen molar-refractivity contribution in [2.24, 2.45) is 0 Å². The molecule has 1 atom stereocenters. The minimum atomic E-state index is 0.0778. The normalized spacial score (nSPS) is 17.1. The van der Waals surface area contributed by atoms with Crippen LogP contribution >= 0.6 is 15.9 Å². The number of aliphatic hydroxyl groups is 1. The summed E-state index contributed by atoms with van der Waals surface area (Å²) in [5.41, 5.74) is 1.05. The first-order chi connectivity index (χ1) is 8.65. The molecule has 0 heterocycles. The van der Waals surface area contributed by atoms with Crippen molar-refractivity contribution in [3.63, 3.8) is 0 Å². The molecule has 1 fully saturated rings. The molecule has 2 rings (SSSR count). The van der Waals surface area contributed by atoms with Crippen LogP contribution in [0, 0.1) is 0 Å². The van der Waals surface area contributed by atoms with Crippen LogP contribution in [0.25, 0.3) is 0 Å². The Labute approximate surface area is 116 Å². The van der Waals surface area contributed by atoms with E-state index in [-0.39, 0.29) is 12.5 Å². The summed E-state index contributed by atoms with van der Waals surface area (Å²) in [5.74, 6) is 1.59. The van der Waals surface area contributed by atoms with Crippen molar-refractivity contribution in [2.75, 3.05) is 13.7 Å². The van der Waals surface area contributed by atoms with Gasteiger partial charge in [-0.1, -0.05) is 22.9 Å². The third-order valence-corrected chi connectivity index (χ3v) is 4.12. The van der Waals surface area contributed by atoms with Crippen LogP contribution in [-0.2, 0) is 0 Å². The van der Waals surface area contributed by atoms with Gasteiger partial charge in [0.25, 0.3) is 0 Å². The second-order valence-corrected chi connectivity index (χ2v) is 5.63. The molecular formula is C14H19BrO3. The van der Waals surface area contributed by atoms with Crippen molar-refractivity contribution >= 4 is 15.9 Å². The number of methoxy groups -OCH3 is 1. The highest BCUT2D eigenvalue weighted by Crippen LogP contribution is 2.38. The van der Waals surface area contributed by atoms with Crippen molar-refractivity contribution < 1.29 is 14.6 Å². The first kappa shape index (κ1) is 13.7. The van der Waals surface area contributed by atoms with Crippen LogP contribution in [0.2, 0.25) is 0 Å². The first-order valence-electron chi connectivity index (χ1n) is 6.30. The number of rotatable bonds is 5. The smallest absolute Gasteiger partial charge is 0.161 e. The fourth-order valence-electron chi connectivity index (χ4n) is 1.95. The van der Waals surface area contributed by atoms with Gasteiger partial charge < -0.3 is 14.6 Å². The molecule has 0 amide bonds. The zero-order chi connectivity index (χ0) is 13.1. The zero-order valence-electron chi connectivity index (χ0n) is 10.8. The van der Waals surface area contributed by atoms with Crippen LogP contribution < -0.4 is 9.47 Å². The van der Waals surface area contributed by atoms with Gasteiger partial charge in [0, 0.05) is 17.0 Å². The molecule has 100 valence electrons. The summed E-state index contributed by atoms with van der Waals surface area (Å²) in [5, 5.41) is 9.28. The van der Waals surface area contributed by atoms with Crippen LogP contribution in [0.1, 0.15) is 37.7 Å². The molecule has 0 aromatic heterocycles. The third kappa shape index (κ3) is 2.81. The molecule has 0 bridgehead atoms. The third-order valence-electron chi connectivity index (χ3n) is 3.43. The van der Waals surface area contributed by atoms with E-state index >= 15 is 0 Å². The summed E-state index contributed by atoms with van der Waals surface area (Å²) in [7, 11) is 1.64. The van der Waals surface area contributed by atoms with E-state index in [1.54, 1.807) is 7.11 Å². The molecule has 1 unspecified atom stereocenters. The molecule has 3 nitrogen and oxygen atoms in total. The second kappa shape index (κ2) is 5.93. The highest BCUT2D eigenvalue weighted by Gasteiger charge is 2.22. The summed E-state index contributed by atoms with van der Waals surface area (Å²) in [6.07, 6.45) is 3.79. The van der Waals surface area contributed by atoms with Crippen molar-refractivity contribution in [1.29, 1.82) is 0 Å². The average molecular weight is 315 g/mol. The fourth-order valence-corrected chi connectivity index (χ4v) is 2.66. The van der Waals surface area contributed by atoms with Gasteiger partial charge in [0.15, 0.2) is 11.5 Å². The Balaban J connectivity index is 2.29. The van der Waals surface area contributed by atoms with E-state index < -0.39 is 0 Å². The van der Waals surface area contributed by atoms with E-state index in [1.807, 2.05) is 19.1 Å². The van der Waals surface area contributed by atoms with Crippen LogP contribution in [0.4, 0.5) is 0 Å². The highest BCUT2D eigenvalue weighted by atomic mass is 79.9. The predicted molar refractivity (Wildman–Crippen MR) is 74.5 cm³/mol. The lowest BCUT2D eigenvalue weighted by atomic mass is 9.96. The molecule has 1 aliphatic rings. The number of benzene rings is 1. The zero-order valence-corrected chi connectivity index (χ0v) is 12.4. The Morgan fingerprint density at radius 3 is 2.61 bits per heavy atom. The molecule has 1 aliphatic carbocycles. The number of hydrogen-bond acceptors (Lipinski definition) is 3. The van der Waals surface area contributed by atoms with Crippen molar-refractivity contribution in [3.05, 3.63) is 22.2 Å². The molecule has 0 saturated heterocycles. The number of ether oxygens (including phenoxy) is 2. The van der Waals surface area contributed by atoms with Crippen LogP contribution in [0.15, 0.2) is 16.6 Å². The molecule has 1 saturated carbocycles. The minimum absolute atomic E-state index is 0.0778. The van der Waals surface area contributed by atoms with Gasteiger partial charge >= 0.3 is 0 Å². The first-order valence-corrected chi connectivity index (χ1v) is 7.10. The number of hydrogen-bond donors (Lipinski definition) is 1. The van der Waals surface area contributed by atoms with Gasteiger partial charge in [-0.05, 0) is 37.0 Å². The maximum absolute atomic E-state index is 9.28. The fraction of sp³-hybridized carbons (Fsp3) is 0.571. The molecule has 0 spiro atoms. The standard InChI is InChI=1S/C14H19BrO3/c1-9(8-16)11-6-14(18-10-4-3-5-10)13(17-2)7-12(11)15/h6-7,9-10,16H,3-5,8H2,1-2H3. The SMILES string of the molecule is COc1cc(Br)c(C(C)CO)cc1OC1CCC1. The van der Waals surface area contributed by atoms with Gasteiger partial charge in [-0.3, -0.25) is 0 Å². The summed E-state index contributed by atoms with van der Waals surface area (Å²) in [6, 6.07) is 3.89. The topological polar surface area (TPSA) is 38.7 Å². The van der Waals surface area contributed by atoms with E-state index in [1.165, 1.54) is 6.42 Å². The molecular weight excluding hydrogens is 296 g/mol. The Hall–Kier alpha value is -0.740. The Bertz CT molecular complexity index is 416. The van der Waals surface area contributed by atoms with Crippen molar-refractivity contribution in [3.8, 4) is 11.5 Å². The van der Waals surface area contributed by atoms with E-state index in [9.17, 15) is 5.11 Å². The summed E-state index contributed by atoms with van der Waals surface area (Å²) in [6.45, 7) is 2.10. The lowest BCUT2D eigenvalue weighted by Crippen LogP contribution is -2.24. The lowest BCUT2D eigenvalue weighted by Gasteiger charge is -2.28. The average Bonchev–Trinajstić information content (AvgIpc) is 2.33. The minimum Gasteiger partial charge on any atom is -0.493 e. The van der Waals surface area contributed by atoms with Crippen molar-refractivity contribution in [1.82, 2.24) is 0 Å². The summed E-state index contributed by atoms with van der Waals surface area (Å²) in [4.78, 5) is 0. The monoisotopic (exact) mass is 314 g/mol. The van der Waals surface area contributed by atoms with E-state index in [2.05, 4.69) is 15.9 Å². The van der Waals surface area contributed by atoms with Crippen molar-refractivity contribution in [2.45, 2.75) is 38.2 Å². The Morgan fingerprint density at radius 1 is 1.39 bits per heavy atom. The van der Waals surface area contributed by atoms with Crippen LogP contribution in [-0.4, -0.2) is 24.9 Å². The maximum Gasteiger partial charge on any atom is 0.161 e. The quantitative estimate of drug-likeness (QED) is 0.904. The lowest BCUT2D eigenvalue weighted by molar-refractivity contribution is 0.116. The van der Waals surface area contributed by atoms with Gasteiger partial charge in [-0.15, -0.1) is 0 Å². The van der Waals surface area contributed by atoms with Gasteiger partial charge in [-0.25, -0.2) is 0 Å². The molecule has 0 aliphatic heterocycles. The molecule has 0 radical (unpaired) electrons. The summed E-state index contributed by atoms with van der Waals surface area (Å²) < 4.78 is 12.2. The van der Waals surface area contributed by atoms with Gasteiger partial charge in [0.1, 0.15) is 0 Å². The van der Waals surface area contributed by atoms with Crippen LogP contribution in [0.3, 0.4) is 0 Å². The van der Waals surface area contributed by atoms with Gasteiger partial charge in [0.05, 0.1) is 13.2 Å². The maximum atomic E-state index is 9.28. The van der Waals surface area contributed by atoms with Gasteiger partial charge in [-0.2, -0.15) is 0 Å². The summed E-state index contributed by atoms with van der Waals surface area (Å²) >= 11 is 3.51. The largest absolute Gasteiger partial charge is 0.493 e. The van der Waals surface area contributed by atoms with E-state index in [0.717, 1.165) is 34.4 Å². The van der Waals surface area contributed by atoms with Gasteiger partial charge in [0.2, 0.25) is 0 Å². The predicted octanol–water partition coefficient (Wildman–Crippen LogP) is 3.48. The molecule has 1 aromatic rings. The number of aliphatic hydroxyl groups excluding tert-OH is 1. The second-order valence-electron chi connectivity index (χ2n) is 4.78. The molecule has 1 aromatic carbocycles. The molecule has 4 heteroatoms.